The van der Waals surface area contributed by atoms with Crippen LogP contribution in [0.15, 0.2) is 12.1 Å². The molecule has 0 saturated carbocycles. The van der Waals surface area contributed by atoms with Crippen molar-refractivity contribution in [3.05, 3.63) is 34.9 Å². The summed E-state index contributed by atoms with van der Waals surface area (Å²) in [5.41, 5.74) is 5.74. The summed E-state index contributed by atoms with van der Waals surface area (Å²) in [6.07, 6.45) is 0.00977. The number of aliphatic hydroxyl groups excluding tert-OH is 1. The van der Waals surface area contributed by atoms with Crippen molar-refractivity contribution < 1.29 is 13.9 Å². The van der Waals surface area contributed by atoms with Gasteiger partial charge in [-0.3, -0.25) is 0 Å². The van der Waals surface area contributed by atoms with E-state index in [2.05, 4.69) is 0 Å². The molecule has 0 aliphatic carbocycles. The van der Waals surface area contributed by atoms with Crippen LogP contribution in [-0.2, 0) is 6.42 Å². The maximum atomic E-state index is 13.4. The summed E-state index contributed by atoms with van der Waals surface area (Å²) in [6.45, 7) is 1.27. The van der Waals surface area contributed by atoms with Gasteiger partial charge in [0.2, 0.25) is 0 Å². The fourth-order valence-corrected chi connectivity index (χ4v) is 1.23. The Bertz CT molecular complexity index is 328. The standard InChI is InChI=1S/C10H13F2NO/c1-6-2-3-9(11)8(10(6)12)4-7(13)5-14/h2-3,7,14H,4-5,13H2,1H3. The van der Waals surface area contributed by atoms with Crippen LogP contribution in [0.4, 0.5) is 8.78 Å². The molecule has 0 radical (unpaired) electrons. The molecule has 4 heteroatoms. The van der Waals surface area contributed by atoms with Gasteiger partial charge >= 0.3 is 0 Å². The normalized spacial score (nSPS) is 12.9. The van der Waals surface area contributed by atoms with Crippen LogP contribution < -0.4 is 5.73 Å². The van der Waals surface area contributed by atoms with E-state index in [1.165, 1.54) is 12.1 Å². The lowest BCUT2D eigenvalue weighted by Gasteiger charge is -2.11. The predicted molar refractivity (Wildman–Crippen MR) is 49.9 cm³/mol. The number of halogens is 2. The van der Waals surface area contributed by atoms with E-state index in [1.807, 2.05) is 0 Å². The number of nitrogens with two attached hydrogens (primary N) is 1. The molecule has 14 heavy (non-hydrogen) atoms. The molecule has 0 heterocycles. The van der Waals surface area contributed by atoms with Gasteiger partial charge in [0.05, 0.1) is 6.61 Å². The Balaban J connectivity index is 3.00. The van der Waals surface area contributed by atoms with Crippen molar-refractivity contribution in [3.63, 3.8) is 0 Å². The summed E-state index contributed by atoms with van der Waals surface area (Å²) in [4.78, 5) is 0. The SMILES string of the molecule is Cc1ccc(F)c(CC(N)CO)c1F. The van der Waals surface area contributed by atoms with Gasteiger partial charge in [0.15, 0.2) is 0 Å². The molecule has 0 aliphatic heterocycles. The predicted octanol–water partition coefficient (Wildman–Crippen LogP) is 1.14. The van der Waals surface area contributed by atoms with Gasteiger partial charge in [0, 0.05) is 11.6 Å². The van der Waals surface area contributed by atoms with Gasteiger partial charge in [0.1, 0.15) is 11.6 Å². The molecule has 2 nitrogen and oxygen atoms in total. The fraction of sp³-hybridized carbons (Fsp3) is 0.400. The third-order valence-corrected chi connectivity index (χ3v) is 2.08. The van der Waals surface area contributed by atoms with Gasteiger partial charge in [-0.25, -0.2) is 8.78 Å². The molecule has 0 bridgehead atoms. The number of benzene rings is 1. The van der Waals surface area contributed by atoms with Crippen molar-refractivity contribution >= 4 is 0 Å². The first-order chi connectivity index (χ1) is 6.56. The van der Waals surface area contributed by atoms with Gasteiger partial charge in [-0.05, 0) is 25.0 Å². The lowest BCUT2D eigenvalue weighted by molar-refractivity contribution is 0.263. The van der Waals surface area contributed by atoms with Crippen LogP contribution in [0.3, 0.4) is 0 Å². The minimum absolute atomic E-state index is 0.00977. The average molecular weight is 201 g/mol. The highest BCUT2D eigenvalue weighted by atomic mass is 19.1. The maximum Gasteiger partial charge on any atom is 0.132 e. The third-order valence-electron chi connectivity index (χ3n) is 2.08. The Kier molecular flexibility index (Phi) is 3.55. The van der Waals surface area contributed by atoms with Gasteiger partial charge < -0.3 is 10.8 Å². The van der Waals surface area contributed by atoms with E-state index in [1.54, 1.807) is 6.92 Å². The zero-order valence-electron chi connectivity index (χ0n) is 7.93. The van der Waals surface area contributed by atoms with E-state index in [0.29, 0.717) is 5.56 Å². The van der Waals surface area contributed by atoms with Gasteiger partial charge in [-0.1, -0.05) is 6.07 Å². The molecule has 0 spiro atoms. The highest BCUT2D eigenvalue weighted by molar-refractivity contribution is 5.27. The van der Waals surface area contributed by atoms with Crippen LogP contribution in [0, 0.1) is 18.6 Å². The second kappa shape index (κ2) is 4.48. The van der Waals surface area contributed by atoms with Crippen LogP contribution in [0.25, 0.3) is 0 Å². The molecule has 0 saturated heterocycles. The van der Waals surface area contributed by atoms with E-state index in [-0.39, 0.29) is 18.6 Å². The molecule has 0 fully saturated rings. The number of aryl methyl sites for hydroxylation is 1. The molecular formula is C10H13F2NO. The molecule has 3 N–H and O–H groups in total. The Morgan fingerprint density at radius 1 is 1.43 bits per heavy atom. The van der Waals surface area contributed by atoms with Crippen molar-refractivity contribution in [2.45, 2.75) is 19.4 Å². The summed E-state index contributed by atoms with van der Waals surface area (Å²) in [7, 11) is 0. The average Bonchev–Trinajstić information content (AvgIpc) is 2.18. The zero-order valence-corrected chi connectivity index (χ0v) is 7.93. The molecule has 1 rings (SSSR count). The maximum absolute atomic E-state index is 13.4. The Morgan fingerprint density at radius 3 is 2.64 bits per heavy atom. The van der Waals surface area contributed by atoms with E-state index in [0.717, 1.165) is 0 Å². The molecule has 1 aromatic rings. The second-order valence-electron chi connectivity index (χ2n) is 3.30. The van der Waals surface area contributed by atoms with Gasteiger partial charge in [-0.15, -0.1) is 0 Å². The van der Waals surface area contributed by atoms with Crippen LogP contribution in [0.2, 0.25) is 0 Å². The second-order valence-corrected chi connectivity index (χ2v) is 3.30. The lowest BCUT2D eigenvalue weighted by atomic mass is 10.0. The number of hydrogen-bond donors (Lipinski definition) is 2. The first kappa shape index (κ1) is 11.1. The molecule has 0 aromatic heterocycles. The van der Waals surface area contributed by atoms with Crippen molar-refractivity contribution in [2.24, 2.45) is 5.73 Å². The molecular weight excluding hydrogens is 188 g/mol. The monoisotopic (exact) mass is 201 g/mol. The Labute approximate surface area is 81.4 Å². The summed E-state index contributed by atoms with van der Waals surface area (Å²) in [6, 6.07) is 1.96. The van der Waals surface area contributed by atoms with Crippen molar-refractivity contribution in [1.82, 2.24) is 0 Å². The lowest BCUT2D eigenvalue weighted by Crippen LogP contribution is -2.27. The number of aliphatic hydroxyl groups is 1. The highest BCUT2D eigenvalue weighted by Crippen LogP contribution is 2.17. The van der Waals surface area contributed by atoms with Crippen LogP contribution >= 0.6 is 0 Å². The first-order valence-electron chi connectivity index (χ1n) is 4.36. The summed E-state index contributed by atoms with van der Waals surface area (Å²) >= 11 is 0. The summed E-state index contributed by atoms with van der Waals surface area (Å²) in [5, 5.41) is 8.68. The zero-order chi connectivity index (χ0) is 10.7. The molecule has 78 valence electrons. The highest BCUT2D eigenvalue weighted by Gasteiger charge is 2.14. The largest absolute Gasteiger partial charge is 0.395 e. The topological polar surface area (TPSA) is 46.2 Å². The molecule has 0 aliphatic rings. The van der Waals surface area contributed by atoms with Crippen LogP contribution in [0.5, 0.6) is 0 Å². The summed E-state index contributed by atoms with van der Waals surface area (Å²) in [5.74, 6) is -1.19. The molecule has 0 amide bonds. The Morgan fingerprint density at radius 2 is 2.07 bits per heavy atom. The first-order valence-corrected chi connectivity index (χ1v) is 4.36. The molecule has 1 atom stereocenters. The molecule has 1 unspecified atom stereocenters. The number of hydrogen-bond acceptors (Lipinski definition) is 2. The van der Waals surface area contributed by atoms with E-state index >= 15 is 0 Å². The van der Waals surface area contributed by atoms with Crippen molar-refractivity contribution in [3.8, 4) is 0 Å². The summed E-state index contributed by atoms with van der Waals surface area (Å²) < 4.78 is 26.5. The fourth-order valence-electron chi connectivity index (χ4n) is 1.23. The van der Waals surface area contributed by atoms with Crippen molar-refractivity contribution in [2.75, 3.05) is 6.61 Å². The van der Waals surface area contributed by atoms with E-state index in [9.17, 15) is 8.78 Å². The van der Waals surface area contributed by atoms with Gasteiger partial charge in [0.25, 0.3) is 0 Å². The van der Waals surface area contributed by atoms with Crippen molar-refractivity contribution in [1.29, 1.82) is 0 Å². The Hall–Kier alpha value is -1.00. The minimum atomic E-state index is -0.624. The van der Waals surface area contributed by atoms with Gasteiger partial charge in [-0.2, -0.15) is 0 Å². The number of rotatable bonds is 3. The van der Waals surface area contributed by atoms with Crippen LogP contribution in [0.1, 0.15) is 11.1 Å². The minimum Gasteiger partial charge on any atom is -0.395 e. The quantitative estimate of drug-likeness (QED) is 0.770. The molecule has 1 aromatic carbocycles. The third kappa shape index (κ3) is 2.27. The van der Waals surface area contributed by atoms with E-state index in [4.69, 9.17) is 10.8 Å². The van der Waals surface area contributed by atoms with E-state index < -0.39 is 17.7 Å². The smallest absolute Gasteiger partial charge is 0.132 e. The van der Waals surface area contributed by atoms with Crippen LogP contribution in [-0.4, -0.2) is 17.8 Å².